The van der Waals surface area contributed by atoms with Crippen molar-refractivity contribution in [3.05, 3.63) is 89.5 Å². The van der Waals surface area contributed by atoms with Crippen LogP contribution in [0, 0.1) is 5.92 Å². The number of rotatable bonds is 9. The molecule has 0 radical (unpaired) electrons. The van der Waals surface area contributed by atoms with Crippen molar-refractivity contribution in [1.29, 1.82) is 0 Å². The molecule has 3 aromatic carbocycles. The Morgan fingerprint density at radius 3 is 1.60 bits per heavy atom. The second kappa shape index (κ2) is 14.2. The van der Waals surface area contributed by atoms with E-state index in [0.717, 1.165) is 48.9 Å². The summed E-state index contributed by atoms with van der Waals surface area (Å²) >= 11 is 0. The van der Waals surface area contributed by atoms with Crippen molar-refractivity contribution in [3.63, 3.8) is 0 Å². The largest absolute Gasteiger partial charge is 0.378 e. The molecule has 2 N–H and O–H groups in total. The Morgan fingerprint density at radius 1 is 0.638 bits per heavy atom. The van der Waals surface area contributed by atoms with Crippen LogP contribution in [0.3, 0.4) is 0 Å². The molecule has 4 amide bonds. The van der Waals surface area contributed by atoms with Gasteiger partial charge in [0.15, 0.2) is 0 Å². The zero-order valence-corrected chi connectivity index (χ0v) is 27.2. The molecule has 2 saturated heterocycles. The van der Waals surface area contributed by atoms with E-state index in [1.54, 1.807) is 9.80 Å². The molecule has 9 heteroatoms. The van der Waals surface area contributed by atoms with E-state index in [9.17, 15) is 19.2 Å². The highest BCUT2D eigenvalue weighted by molar-refractivity contribution is 6.02. The summed E-state index contributed by atoms with van der Waals surface area (Å²) in [5.41, 5.74) is 4.93. The molecule has 244 valence electrons. The summed E-state index contributed by atoms with van der Waals surface area (Å²) in [6.07, 6.45) is 9.95. The first-order valence-electron chi connectivity index (χ1n) is 16.7. The maximum atomic E-state index is 13.2. The summed E-state index contributed by atoms with van der Waals surface area (Å²) in [7, 11) is 3.91. The predicted molar refractivity (Wildman–Crippen MR) is 186 cm³/mol. The average molecular weight is 634 g/mol. The van der Waals surface area contributed by atoms with Crippen LogP contribution in [0.1, 0.15) is 66.4 Å². The van der Waals surface area contributed by atoms with Crippen LogP contribution >= 0.6 is 0 Å². The molecular weight excluding hydrogens is 590 g/mol. The van der Waals surface area contributed by atoms with Gasteiger partial charge < -0.3 is 25.3 Å². The number of nitrogens with zero attached hydrogens (tertiary/aromatic N) is 3. The quantitative estimate of drug-likeness (QED) is 0.286. The van der Waals surface area contributed by atoms with Crippen molar-refractivity contribution in [2.45, 2.75) is 57.0 Å². The zero-order chi connectivity index (χ0) is 32.9. The van der Waals surface area contributed by atoms with Gasteiger partial charge in [0.05, 0.1) is 0 Å². The van der Waals surface area contributed by atoms with Crippen LogP contribution in [-0.2, 0) is 14.4 Å². The summed E-state index contributed by atoms with van der Waals surface area (Å²) < 4.78 is 0. The maximum Gasteiger partial charge on any atom is 0.254 e. The Balaban J connectivity index is 1.000. The fraction of sp³-hybridized carbons (Fsp3) is 0.368. The molecule has 2 atom stereocenters. The van der Waals surface area contributed by atoms with Crippen LogP contribution in [0.15, 0.2) is 72.8 Å². The first-order chi connectivity index (χ1) is 22.8. The number of carbonyl (C=O) groups is 4. The number of nitrogens with one attached hydrogen (secondary N) is 2. The van der Waals surface area contributed by atoms with Crippen LogP contribution in [0.2, 0.25) is 0 Å². The Labute approximate surface area is 276 Å². The van der Waals surface area contributed by atoms with Gasteiger partial charge in [-0.1, -0.05) is 42.8 Å². The lowest BCUT2D eigenvalue weighted by atomic mass is 9.84. The average Bonchev–Trinajstić information content (AvgIpc) is 3.75. The van der Waals surface area contributed by atoms with Crippen LogP contribution < -0.4 is 15.5 Å². The van der Waals surface area contributed by atoms with Gasteiger partial charge >= 0.3 is 0 Å². The lowest BCUT2D eigenvalue weighted by Crippen LogP contribution is -2.46. The normalized spacial score (nSPS) is 19.4. The highest BCUT2D eigenvalue weighted by atomic mass is 16.2. The standard InChI is InChI=1S/C38H43N5O4/c1-41(2)32-22-16-29(17-23-32)38(47)43-25-5-9-34(43)36(45)40-31-20-14-27(15-21-31)11-10-26-12-18-30(19-13-26)39-35(44)33-8-4-24-42(33)37(46)28-6-3-7-28/h10-23,28,33-34H,3-9,24-25H2,1-2H3,(H,39,44)(H,40,45)/b11-10+. The lowest BCUT2D eigenvalue weighted by Gasteiger charge is -2.32. The number of likely N-dealkylation sites (tertiary alicyclic amines) is 2. The number of carbonyl (C=O) groups excluding carboxylic acids is 4. The van der Waals surface area contributed by atoms with E-state index >= 15 is 0 Å². The summed E-state index contributed by atoms with van der Waals surface area (Å²) in [6, 6.07) is 21.8. The molecule has 0 aromatic heterocycles. The molecule has 0 spiro atoms. The van der Waals surface area contributed by atoms with E-state index in [1.165, 1.54) is 0 Å². The van der Waals surface area contributed by atoms with E-state index < -0.39 is 6.04 Å². The van der Waals surface area contributed by atoms with Crippen molar-refractivity contribution >= 4 is 52.8 Å². The third kappa shape index (κ3) is 7.40. The molecule has 2 heterocycles. The fourth-order valence-corrected chi connectivity index (χ4v) is 6.54. The summed E-state index contributed by atoms with van der Waals surface area (Å²) in [4.78, 5) is 57.6. The first-order valence-corrected chi connectivity index (χ1v) is 16.7. The molecule has 3 aromatic rings. The van der Waals surface area contributed by atoms with Gasteiger partial charge in [0.2, 0.25) is 17.7 Å². The van der Waals surface area contributed by atoms with Gasteiger partial charge in [-0.15, -0.1) is 0 Å². The number of benzene rings is 3. The highest BCUT2D eigenvalue weighted by Crippen LogP contribution is 2.31. The van der Waals surface area contributed by atoms with Crippen molar-refractivity contribution in [3.8, 4) is 0 Å². The second-order valence-electron chi connectivity index (χ2n) is 13.0. The SMILES string of the molecule is CN(C)c1ccc(C(=O)N2CCCC2C(=O)Nc2ccc(/C=C/c3ccc(NC(=O)C4CCCN4C(=O)C4CCC4)cc3)cc2)cc1. The molecule has 47 heavy (non-hydrogen) atoms. The van der Waals surface area contributed by atoms with Gasteiger partial charge in [-0.05, 0) is 98.2 Å². The molecule has 0 bridgehead atoms. The van der Waals surface area contributed by atoms with Gasteiger partial charge in [0.25, 0.3) is 5.91 Å². The van der Waals surface area contributed by atoms with Gasteiger partial charge in [0, 0.05) is 55.7 Å². The summed E-state index contributed by atoms with van der Waals surface area (Å²) in [5.74, 6) is -0.184. The van der Waals surface area contributed by atoms with Gasteiger partial charge in [-0.3, -0.25) is 19.2 Å². The maximum absolute atomic E-state index is 13.2. The van der Waals surface area contributed by atoms with E-state index in [-0.39, 0.29) is 35.6 Å². The van der Waals surface area contributed by atoms with Crippen molar-refractivity contribution in [2.24, 2.45) is 5.92 Å². The number of anilines is 3. The highest BCUT2D eigenvalue weighted by Gasteiger charge is 2.39. The van der Waals surface area contributed by atoms with Crippen LogP contribution in [0.25, 0.3) is 12.2 Å². The summed E-state index contributed by atoms with van der Waals surface area (Å²) in [6.45, 7) is 1.22. The molecule has 9 nitrogen and oxygen atoms in total. The van der Waals surface area contributed by atoms with Crippen LogP contribution in [0.4, 0.5) is 17.1 Å². The number of hydrogen-bond donors (Lipinski definition) is 2. The van der Waals surface area contributed by atoms with Crippen molar-refractivity contribution < 1.29 is 19.2 Å². The third-order valence-corrected chi connectivity index (χ3v) is 9.56. The number of hydrogen-bond acceptors (Lipinski definition) is 5. The second-order valence-corrected chi connectivity index (χ2v) is 13.0. The molecule has 2 aliphatic heterocycles. The minimum atomic E-state index is -0.504. The van der Waals surface area contributed by atoms with E-state index in [1.807, 2.05) is 104 Å². The Kier molecular flexibility index (Phi) is 9.71. The van der Waals surface area contributed by atoms with Gasteiger partial charge in [-0.2, -0.15) is 0 Å². The minimum Gasteiger partial charge on any atom is -0.378 e. The minimum absolute atomic E-state index is 0.0990. The van der Waals surface area contributed by atoms with Crippen molar-refractivity contribution in [2.75, 3.05) is 42.7 Å². The van der Waals surface area contributed by atoms with E-state index in [2.05, 4.69) is 10.6 Å². The Bertz CT molecular complexity index is 1630. The molecule has 3 fully saturated rings. The fourth-order valence-electron chi connectivity index (χ4n) is 6.54. The van der Waals surface area contributed by atoms with Crippen molar-refractivity contribution in [1.82, 2.24) is 9.80 Å². The van der Waals surface area contributed by atoms with E-state index in [4.69, 9.17) is 0 Å². The van der Waals surface area contributed by atoms with Crippen LogP contribution in [-0.4, -0.2) is 72.7 Å². The summed E-state index contributed by atoms with van der Waals surface area (Å²) in [5, 5.41) is 5.98. The topological polar surface area (TPSA) is 102 Å². The molecule has 1 saturated carbocycles. The smallest absolute Gasteiger partial charge is 0.254 e. The molecular formula is C38H43N5O4. The Hall–Kier alpha value is -4.92. The lowest BCUT2D eigenvalue weighted by molar-refractivity contribution is -0.142. The molecule has 6 rings (SSSR count). The van der Waals surface area contributed by atoms with Crippen LogP contribution in [0.5, 0.6) is 0 Å². The number of amides is 4. The first kappa shape index (κ1) is 32.0. The molecule has 1 aliphatic carbocycles. The van der Waals surface area contributed by atoms with E-state index in [0.29, 0.717) is 42.9 Å². The zero-order valence-electron chi connectivity index (χ0n) is 27.2. The third-order valence-electron chi connectivity index (χ3n) is 9.56. The Morgan fingerprint density at radius 2 is 1.13 bits per heavy atom. The molecule has 2 unspecified atom stereocenters. The van der Waals surface area contributed by atoms with Gasteiger partial charge in [0.1, 0.15) is 12.1 Å². The van der Waals surface area contributed by atoms with Gasteiger partial charge in [-0.25, -0.2) is 0 Å². The monoisotopic (exact) mass is 633 g/mol. The predicted octanol–water partition coefficient (Wildman–Crippen LogP) is 5.90. The molecule has 3 aliphatic rings.